The van der Waals surface area contributed by atoms with Crippen LogP contribution in [0.5, 0.6) is 0 Å². The molecule has 1 amide bonds. The van der Waals surface area contributed by atoms with Crippen LogP contribution in [0.25, 0.3) is 0 Å². The monoisotopic (exact) mass is 408 g/mol. The number of thiazole rings is 1. The summed E-state index contributed by atoms with van der Waals surface area (Å²) in [6.45, 7) is 2.03. The van der Waals surface area contributed by atoms with Crippen molar-refractivity contribution in [3.63, 3.8) is 0 Å². The summed E-state index contributed by atoms with van der Waals surface area (Å²) in [5, 5.41) is 4.72. The molecule has 136 valence electrons. The summed E-state index contributed by atoms with van der Waals surface area (Å²) in [6, 6.07) is 9.25. The Labute approximate surface area is 166 Å². The van der Waals surface area contributed by atoms with E-state index in [9.17, 15) is 4.79 Å². The highest BCUT2D eigenvalue weighted by atomic mass is 35.5. The van der Waals surface area contributed by atoms with Gasteiger partial charge in [-0.3, -0.25) is 4.79 Å². The number of rotatable bonds is 7. The molecule has 26 heavy (non-hydrogen) atoms. The van der Waals surface area contributed by atoms with Crippen molar-refractivity contribution < 1.29 is 9.21 Å². The van der Waals surface area contributed by atoms with E-state index < -0.39 is 0 Å². The van der Waals surface area contributed by atoms with Gasteiger partial charge in [-0.05, 0) is 35.9 Å². The predicted molar refractivity (Wildman–Crippen MR) is 106 cm³/mol. The third-order valence-corrected chi connectivity index (χ3v) is 5.35. The minimum atomic E-state index is -0.0823. The van der Waals surface area contributed by atoms with Crippen LogP contribution in [0.1, 0.15) is 35.3 Å². The molecule has 3 aromatic rings. The Morgan fingerprint density at radius 3 is 2.81 bits per heavy atom. The van der Waals surface area contributed by atoms with Crippen molar-refractivity contribution in [3.05, 3.63) is 68.5 Å². The van der Waals surface area contributed by atoms with Crippen LogP contribution in [0.3, 0.4) is 0 Å². The number of amides is 1. The first-order chi connectivity index (χ1) is 12.5. The average molecular weight is 409 g/mol. The lowest BCUT2D eigenvalue weighted by atomic mass is 10.1. The normalized spacial score (nSPS) is 10.9. The molecule has 1 N–H and O–H groups in total. The van der Waals surface area contributed by atoms with Crippen LogP contribution in [-0.4, -0.2) is 10.9 Å². The van der Waals surface area contributed by atoms with E-state index in [1.165, 1.54) is 11.3 Å². The molecular weight excluding hydrogens is 391 g/mol. The number of hydrogen-bond acceptors (Lipinski definition) is 4. The summed E-state index contributed by atoms with van der Waals surface area (Å²) in [5.41, 5.74) is 0.935. The molecule has 0 atom stereocenters. The first-order valence-electron chi connectivity index (χ1n) is 8.29. The molecule has 0 aliphatic rings. The molecule has 0 unspecified atom stereocenters. The van der Waals surface area contributed by atoms with E-state index in [2.05, 4.69) is 10.3 Å². The summed E-state index contributed by atoms with van der Waals surface area (Å²) >= 11 is 13.6. The molecule has 0 fully saturated rings. The number of nitrogens with zero attached hydrogens (tertiary/aromatic N) is 1. The van der Waals surface area contributed by atoms with Gasteiger partial charge in [0.1, 0.15) is 11.5 Å². The van der Waals surface area contributed by atoms with Gasteiger partial charge in [0.2, 0.25) is 5.91 Å². The fourth-order valence-corrected chi connectivity index (χ4v) is 3.71. The first kappa shape index (κ1) is 19.0. The van der Waals surface area contributed by atoms with Gasteiger partial charge >= 0.3 is 0 Å². The lowest BCUT2D eigenvalue weighted by Gasteiger charge is -2.02. The molecule has 2 aromatic heterocycles. The summed E-state index contributed by atoms with van der Waals surface area (Å²) < 4.78 is 5.61. The van der Waals surface area contributed by atoms with Crippen molar-refractivity contribution in [2.24, 2.45) is 0 Å². The zero-order valence-corrected chi connectivity index (χ0v) is 16.5. The van der Waals surface area contributed by atoms with Crippen molar-refractivity contribution in [3.8, 4) is 0 Å². The fourth-order valence-electron chi connectivity index (χ4n) is 2.48. The number of benzene rings is 1. The van der Waals surface area contributed by atoms with Crippen LogP contribution in [0.4, 0.5) is 5.13 Å². The Balaban J connectivity index is 1.54. The topological polar surface area (TPSA) is 55.1 Å². The largest absolute Gasteiger partial charge is 0.466 e. The van der Waals surface area contributed by atoms with E-state index in [1.807, 2.05) is 25.1 Å². The van der Waals surface area contributed by atoms with Gasteiger partial charge in [0.15, 0.2) is 5.13 Å². The number of nitrogens with one attached hydrogen (secondary N) is 1. The third-order valence-electron chi connectivity index (χ3n) is 3.84. The summed E-state index contributed by atoms with van der Waals surface area (Å²) in [4.78, 5) is 17.4. The Bertz CT molecular complexity index is 905. The second kappa shape index (κ2) is 8.71. The first-order valence-corrected chi connectivity index (χ1v) is 9.87. The number of anilines is 1. The zero-order chi connectivity index (χ0) is 18.5. The SMILES string of the molecule is CCc1ccc(CCC(=O)Nc2ncc(Cc3cc(Cl)ccc3Cl)s2)o1. The highest BCUT2D eigenvalue weighted by Crippen LogP contribution is 2.27. The molecule has 7 heteroatoms. The van der Waals surface area contributed by atoms with Crippen molar-refractivity contribution in [1.29, 1.82) is 0 Å². The van der Waals surface area contributed by atoms with E-state index in [1.54, 1.807) is 18.3 Å². The Kier molecular flexibility index (Phi) is 6.35. The molecule has 0 aliphatic carbocycles. The smallest absolute Gasteiger partial charge is 0.226 e. The maximum Gasteiger partial charge on any atom is 0.226 e. The molecule has 2 heterocycles. The molecule has 0 saturated heterocycles. The number of carbonyl (C=O) groups is 1. The summed E-state index contributed by atoms with van der Waals surface area (Å²) in [7, 11) is 0. The predicted octanol–water partition coefficient (Wildman–Crippen LogP) is 5.77. The fraction of sp³-hybridized carbons (Fsp3) is 0.263. The van der Waals surface area contributed by atoms with Crippen LogP contribution in [-0.2, 0) is 24.1 Å². The van der Waals surface area contributed by atoms with Gasteiger partial charge in [-0.25, -0.2) is 4.98 Å². The van der Waals surface area contributed by atoms with Gasteiger partial charge < -0.3 is 9.73 Å². The lowest BCUT2D eigenvalue weighted by molar-refractivity contribution is -0.116. The summed E-state index contributed by atoms with van der Waals surface area (Å²) in [5.74, 6) is 1.68. The van der Waals surface area contributed by atoms with Crippen LogP contribution >= 0.6 is 34.5 Å². The van der Waals surface area contributed by atoms with Crippen molar-refractivity contribution >= 4 is 45.6 Å². The van der Waals surface area contributed by atoms with Crippen LogP contribution < -0.4 is 5.32 Å². The zero-order valence-electron chi connectivity index (χ0n) is 14.2. The number of furan rings is 1. The number of halogens is 2. The molecule has 0 radical (unpaired) electrons. The van der Waals surface area contributed by atoms with E-state index in [0.717, 1.165) is 28.4 Å². The number of aromatic nitrogens is 1. The molecule has 4 nitrogen and oxygen atoms in total. The quantitative estimate of drug-likeness (QED) is 0.539. The number of hydrogen-bond donors (Lipinski definition) is 1. The minimum absolute atomic E-state index is 0.0823. The second-order valence-electron chi connectivity index (χ2n) is 5.81. The molecule has 0 aliphatic heterocycles. The molecule has 0 spiro atoms. The molecule has 0 bridgehead atoms. The molecular formula is C19H18Cl2N2O2S. The number of carbonyl (C=O) groups excluding carboxylic acids is 1. The van der Waals surface area contributed by atoms with Gasteiger partial charge in [0.25, 0.3) is 0 Å². The highest BCUT2D eigenvalue weighted by Gasteiger charge is 2.10. The molecule has 0 saturated carbocycles. The van der Waals surface area contributed by atoms with Gasteiger partial charge in [0, 0.05) is 46.8 Å². The van der Waals surface area contributed by atoms with Crippen molar-refractivity contribution in [2.75, 3.05) is 5.32 Å². The van der Waals surface area contributed by atoms with Gasteiger partial charge in [0.05, 0.1) is 0 Å². The van der Waals surface area contributed by atoms with Crippen LogP contribution in [0.15, 0.2) is 40.9 Å². The van der Waals surface area contributed by atoms with Crippen molar-refractivity contribution in [1.82, 2.24) is 4.98 Å². The maximum absolute atomic E-state index is 12.1. The van der Waals surface area contributed by atoms with Gasteiger partial charge in [-0.2, -0.15) is 0 Å². The van der Waals surface area contributed by atoms with Crippen LogP contribution in [0.2, 0.25) is 10.0 Å². The van der Waals surface area contributed by atoms with Crippen molar-refractivity contribution in [2.45, 2.75) is 32.6 Å². The Hall–Kier alpha value is -1.82. The van der Waals surface area contributed by atoms with E-state index in [0.29, 0.717) is 34.4 Å². The Morgan fingerprint density at radius 1 is 1.23 bits per heavy atom. The molecule has 1 aromatic carbocycles. The van der Waals surface area contributed by atoms with Gasteiger partial charge in [-0.15, -0.1) is 11.3 Å². The highest BCUT2D eigenvalue weighted by molar-refractivity contribution is 7.15. The van der Waals surface area contributed by atoms with Crippen LogP contribution in [0, 0.1) is 0 Å². The summed E-state index contributed by atoms with van der Waals surface area (Å²) in [6.07, 6.45) is 4.15. The maximum atomic E-state index is 12.1. The van der Waals surface area contributed by atoms with E-state index in [-0.39, 0.29) is 5.91 Å². The average Bonchev–Trinajstić information content (AvgIpc) is 3.25. The minimum Gasteiger partial charge on any atom is -0.466 e. The lowest BCUT2D eigenvalue weighted by Crippen LogP contribution is -2.11. The van der Waals surface area contributed by atoms with E-state index in [4.69, 9.17) is 27.6 Å². The number of aryl methyl sites for hydroxylation is 2. The second-order valence-corrected chi connectivity index (χ2v) is 7.77. The molecule has 3 rings (SSSR count). The third kappa shape index (κ3) is 5.10. The standard InChI is InChI=1S/C19H18Cl2N2O2S/c1-2-14-4-5-15(25-14)6-8-18(24)23-19-22-11-16(26-19)10-12-9-13(20)3-7-17(12)21/h3-5,7,9,11H,2,6,8,10H2,1H3,(H,22,23,24). The van der Waals surface area contributed by atoms with E-state index >= 15 is 0 Å². The Morgan fingerprint density at radius 2 is 2.04 bits per heavy atom. The van der Waals surface area contributed by atoms with Gasteiger partial charge in [-0.1, -0.05) is 30.1 Å².